The number of halogens is 2. The quantitative estimate of drug-likeness (QED) is 0.707. The Morgan fingerprint density at radius 2 is 1.97 bits per heavy atom. The number of hydrogen-bond donors (Lipinski definition) is 2. The molecule has 0 aliphatic carbocycles. The van der Waals surface area contributed by atoms with Gasteiger partial charge in [-0.3, -0.25) is 4.72 Å². The number of ether oxygens (including phenoxy) is 2. The summed E-state index contributed by atoms with van der Waals surface area (Å²) >= 11 is 0. The van der Waals surface area contributed by atoms with Gasteiger partial charge in [-0.1, -0.05) is 6.07 Å². The maximum atomic E-state index is 12.7. The van der Waals surface area contributed by atoms with E-state index in [9.17, 15) is 17.2 Å². The van der Waals surface area contributed by atoms with Gasteiger partial charge in [0.05, 0.1) is 23.4 Å². The molecule has 158 valence electrons. The van der Waals surface area contributed by atoms with Gasteiger partial charge in [-0.15, -0.1) is 0 Å². The van der Waals surface area contributed by atoms with Gasteiger partial charge in [0.25, 0.3) is 10.0 Å². The van der Waals surface area contributed by atoms with Gasteiger partial charge in [0, 0.05) is 25.7 Å². The van der Waals surface area contributed by atoms with Crippen molar-refractivity contribution in [3.63, 3.8) is 0 Å². The van der Waals surface area contributed by atoms with Crippen molar-refractivity contribution in [3.05, 3.63) is 42.5 Å². The number of nitrogens with one attached hydrogen (secondary N) is 2. The molecule has 0 atom stereocenters. The fourth-order valence-corrected chi connectivity index (χ4v) is 4.20. The van der Waals surface area contributed by atoms with Crippen LogP contribution < -0.4 is 24.4 Å². The Bertz CT molecular complexity index is 933. The Morgan fingerprint density at radius 3 is 2.72 bits per heavy atom. The molecule has 0 saturated carbocycles. The highest BCUT2D eigenvalue weighted by Gasteiger charge is 2.19. The Balaban J connectivity index is 1.86. The second-order valence-corrected chi connectivity index (χ2v) is 8.12. The lowest BCUT2D eigenvalue weighted by Crippen LogP contribution is -2.28. The van der Waals surface area contributed by atoms with Crippen molar-refractivity contribution in [1.82, 2.24) is 5.32 Å². The average molecular weight is 427 g/mol. The molecule has 1 aliphatic rings. The molecule has 29 heavy (non-hydrogen) atoms. The minimum Gasteiger partial charge on any atom is -0.495 e. The van der Waals surface area contributed by atoms with Crippen LogP contribution in [0.4, 0.5) is 20.2 Å². The van der Waals surface area contributed by atoms with E-state index in [1.165, 1.54) is 18.2 Å². The van der Waals surface area contributed by atoms with E-state index in [-0.39, 0.29) is 10.6 Å². The van der Waals surface area contributed by atoms with E-state index < -0.39 is 16.6 Å². The first-order valence-electron chi connectivity index (χ1n) is 9.10. The third kappa shape index (κ3) is 5.48. The second-order valence-electron chi connectivity index (χ2n) is 6.44. The van der Waals surface area contributed by atoms with Gasteiger partial charge < -0.3 is 19.7 Å². The molecule has 0 radical (unpaired) electrons. The molecule has 10 heteroatoms. The molecule has 0 unspecified atom stereocenters. The van der Waals surface area contributed by atoms with Gasteiger partial charge in [-0.25, -0.2) is 8.42 Å². The van der Waals surface area contributed by atoms with E-state index >= 15 is 0 Å². The first-order valence-corrected chi connectivity index (χ1v) is 10.6. The summed E-state index contributed by atoms with van der Waals surface area (Å²) in [5.74, 6) is 0.414. The van der Waals surface area contributed by atoms with Crippen LogP contribution in [0.25, 0.3) is 0 Å². The van der Waals surface area contributed by atoms with E-state index in [4.69, 9.17) is 4.74 Å². The summed E-state index contributed by atoms with van der Waals surface area (Å²) in [4.78, 5) is 1.96. The number of methoxy groups -OCH3 is 1. The normalized spacial score (nSPS) is 15.1. The molecule has 1 heterocycles. The number of hydrogen-bond acceptors (Lipinski definition) is 6. The third-order valence-corrected chi connectivity index (χ3v) is 5.83. The van der Waals surface area contributed by atoms with Gasteiger partial charge in [-0.05, 0) is 43.3 Å². The van der Waals surface area contributed by atoms with E-state index in [1.54, 1.807) is 25.3 Å². The fourth-order valence-electron chi connectivity index (χ4n) is 3.12. The lowest BCUT2D eigenvalue weighted by atomic mass is 10.2. The molecular formula is C19H23F2N3O4S. The molecular weight excluding hydrogens is 404 g/mol. The number of alkyl halides is 2. The van der Waals surface area contributed by atoms with E-state index in [0.29, 0.717) is 11.4 Å². The summed E-state index contributed by atoms with van der Waals surface area (Å²) in [7, 11) is -2.43. The Hall–Kier alpha value is -2.59. The van der Waals surface area contributed by atoms with Crippen molar-refractivity contribution >= 4 is 21.4 Å². The van der Waals surface area contributed by atoms with Crippen molar-refractivity contribution in [1.29, 1.82) is 0 Å². The molecule has 7 nitrogen and oxygen atoms in total. The SMILES string of the molecule is COc1ccc(NS(=O)(=O)c2cccc(OC(F)F)c2)cc1N1CCCNCC1. The van der Waals surface area contributed by atoms with E-state index in [1.807, 2.05) is 0 Å². The van der Waals surface area contributed by atoms with E-state index in [0.717, 1.165) is 44.4 Å². The summed E-state index contributed by atoms with van der Waals surface area (Å²) in [6.07, 6.45) is 0.954. The minimum atomic E-state index is -3.99. The van der Waals surface area contributed by atoms with Gasteiger partial charge >= 0.3 is 6.61 Å². The summed E-state index contributed by atoms with van der Waals surface area (Å²) < 4.78 is 62.5. The second kappa shape index (κ2) is 9.27. The minimum absolute atomic E-state index is 0.174. The third-order valence-electron chi connectivity index (χ3n) is 4.45. The molecule has 1 saturated heterocycles. The van der Waals surface area contributed by atoms with Crippen LogP contribution in [0.15, 0.2) is 47.4 Å². The van der Waals surface area contributed by atoms with Crippen molar-refractivity contribution in [2.45, 2.75) is 17.9 Å². The van der Waals surface area contributed by atoms with Crippen LogP contribution in [-0.4, -0.2) is 48.3 Å². The maximum Gasteiger partial charge on any atom is 0.387 e. The lowest BCUT2D eigenvalue weighted by molar-refractivity contribution is -0.0499. The topological polar surface area (TPSA) is 79.9 Å². The van der Waals surface area contributed by atoms with E-state index in [2.05, 4.69) is 19.7 Å². The monoisotopic (exact) mass is 427 g/mol. The van der Waals surface area contributed by atoms with Gasteiger partial charge in [0.1, 0.15) is 11.5 Å². The van der Waals surface area contributed by atoms with Crippen LogP contribution in [-0.2, 0) is 10.0 Å². The van der Waals surface area contributed by atoms with Crippen LogP contribution in [0.1, 0.15) is 6.42 Å². The Kier molecular flexibility index (Phi) is 6.75. The molecule has 2 N–H and O–H groups in total. The predicted octanol–water partition coefficient (Wildman–Crippen LogP) is 2.90. The molecule has 2 aromatic rings. The van der Waals surface area contributed by atoms with Crippen LogP contribution in [0.5, 0.6) is 11.5 Å². The highest BCUT2D eigenvalue weighted by atomic mass is 32.2. The molecule has 0 bridgehead atoms. The van der Waals surface area contributed by atoms with Gasteiger partial charge in [0.15, 0.2) is 0 Å². The predicted molar refractivity (Wildman–Crippen MR) is 107 cm³/mol. The number of nitrogens with zero attached hydrogens (tertiary/aromatic N) is 1. The standard InChI is InChI=1S/C19H23F2N3O4S/c1-27-18-7-6-14(12-17(18)24-10-3-8-22-9-11-24)23-29(25,26)16-5-2-4-15(13-16)28-19(20)21/h2,4-7,12-13,19,22-23H,3,8-11H2,1H3. The zero-order chi connectivity index (χ0) is 20.9. The first-order chi connectivity index (χ1) is 13.9. The first kappa shape index (κ1) is 21.1. The number of rotatable bonds is 7. The Labute approximate surface area is 168 Å². The Morgan fingerprint density at radius 1 is 1.14 bits per heavy atom. The number of sulfonamides is 1. The van der Waals surface area contributed by atoms with Crippen molar-refractivity contribution in [2.75, 3.05) is 42.9 Å². The molecule has 0 amide bonds. The summed E-state index contributed by atoms with van der Waals surface area (Å²) in [6, 6.07) is 9.98. The van der Waals surface area contributed by atoms with Crippen molar-refractivity contribution in [3.8, 4) is 11.5 Å². The zero-order valence-corrected chi connectivity index (χ0v) is 16.7. The molecule has 3 rings (SSSR count). The van der Waals surface area contributed by atoms with Crippen LogP contribution >= 0.6 is 0 Å². The van der Waals surface area contributed by atoms with Gasteiger partial charge in [-0.2, -0.15) is 8.78 Å². The highest BCUT2D eigenvalue weighted by molar-refractivity contribution is 7.92. The molecule has 0 aromatic heterocycles. The summed E-state index contributed by atoms with van der Waals surface area (Å²) in [5.41, 5.74) is 1.13. The highest BCUT2D eigenvalue weighted by Crippen LogP contribution is 2.33. The maximum absolute atomic E-state index is 12.7. The van der Waals surface area contributed by atoms with Crippen molar-refractivity contribution < 1.29 is 26.7 Å². The van der Waals surface area contributed by atoms with Crippen LogP contribution in [0.3, 0.4) is 0 Å². The molecule has 2 aromatic carbocycles. The lowest BCUT2D eigenvalue weighted by Gasteiger charge is -2.25. The summed E-state index contributed by atoms with van der Waals surface area (Å²) in [6.45, 7) is 0.276. The zero-order valence-electron chi connectivity index (χ0n) is 15.9. The number of benzene rings is 2. The van der Waals surface area contributed by atoms with Crippen LogP contribution in [0.2, 0.25) is 0 Å². The molecule has 0 spiro atoms. The largest absolute Gasteiger partial charge is 0.495 e. The molecule has 1 fully saturated rings. The number of anilines is 2. The smallest absolute Gasteiger partial charge is 0.387 e. The summed E-state index contributed by atoms with van der Waals surface area (Å²) in [5, 5.41) is 3.32. The fraction of sp³-hybridized carbons (Fsp3) is 0.368. The van der Waals surface area contributed by atoms with Gasteiger partial charge in [0.2, 0.25) is 0 Å². The van der Waals surface area contributed by atoms with Crippen molar-refractivity contribution in [2.24, 2.45) is 0 Å². The molecule has 1 aliphatic heterocycles. The average Bonchev–Trinajstić information content (AvgIpc) is 2.97. The van der Waals surface area contributed by atoms with Crippen LogP contribution in [0, 0.1) is 0 Å².